The molecule has 22 heavy (non-hydrogen) atoms. The Morgan fingerprint density at radius 2 is 2.14 bits per heavy atom. The lowest BCUT2D eigenvalue weighted by Gasteiger charge is -2.21. The van der Waals surface area contributed by atoms with Gasteiger partial charge in [-0.05, 0) is 25.0 Å². The first-order valence-electron chi connectivity index (χ1n) is 6.53. The highest BCUT2D eigenvalue weighted by molar-refractivity contribution is 5.93. The van der Waals surface area contributed by atoms with Gasteiger partial charge in [0, 0.05) is 18.4 Å². The van der Waals surface area contributed by atoms with Crippen molar-refractivity contribution in [1.29, 1.82) is 0 Å². The normalized spacial score (nSPS) is 18.8. The first-order valence-corrected chi connectivity index (χ1v) is 6.53. The van der Waals surface area contributed by atoms with Crippen molar-refractivity contribution in [2.45, 2.75) is 19.0 Å². The molecular formula is C13H13F3N2O4. The lowest BCUT2D eigenvalue weighted by Crippen LogP contribution is -2.30. The van der Waals surface area contributed by atoms with Crippen molar-refractivity contribution in [2.75, 3.05) is 18.5 Å². The number of carbonyl (C=O) groups is 1. The smallest absolute Gasteiger partial charge is 0.381 e. The lowest BCUT2D eigenvalue weighted by molar-refractivity contribution is -0.388. The molecule has 1 aliphatic heterocycles. The van der Waals surface area contributed by atoms with Crippen molar-refractivity contribution >= 4 is 17.3 Å². The fraction of sp³-hybridized carbons (Fsp3) is 0.462. The zero-order valence-electron chi connectivity index (χ0n) is 11.4. The maximum Gasteiger partial charge on any atom is 0.423 e. The molecule has 1 aliphatic rings. The van der Waals surface area contributed by atoms with Crippen molar-refractivity contribution in [3.63, 3.8) is 0 Å². The number of nitrogens with one attached hydrogen (secondary N) is 1. The minimum Gasteiger partial charge on any atom is -0.381 e. The summed E-state index contributed by atoms with van der Waals surface area (Å²) in [4.78, 5) is 21.5. The number of ether oxygens (including phenoxy) is 1. The Balaban J connectivity index is 2.21. The van der Waals surface area contributed by atoms with Gasteiger partial charge in [0.2, 0.25) is 5.91 Å². The molecule has 1 heterocycles. The Kier molecular flexibility index (Phi) is 4.65. The van der Waals surface area contributed by atoms with Crippen LogP contribution >= 0.6 is 0 Å². The molecule has 1 atom stereocenters. The van der Waals surface area contributed by atoms with E-state index in [1.165, 1.54) is 0 Å². The van der Waals surface area contributed by atoms with Crippen LogP contribution in [-0.2, 0) is 15.7 Å². The number of nitrogens with zero attached hydrogens (tertiary/aromatic N) is 1. The highest BCUT2D eigenvalue weighted by Crippen LogP contribution is 2.37. The molecule has 1 aromatic rings. The number of nitro benzene ring substituents is 1. The number of alkyl halides is 3. The molecule has 9 heteroatoms. The Morgan fingerprint density at radius 3 is 2.68 bits per heavy atom. The summed E-state index contributed by atoms with van der Waals surface area (Å²) in [5, 5.41) is 13.0. The summed E-state index contributed by atoms with van der Waals surface area (Å²) in [7, 11) is 0. The van der Waals surface area contributed by atoms with E-state index < -0.39 is 34.2 Å². The van der Waals surface area contributed by atoms with Crippen molar-refractivity contribution in [2.24, 2.45) is 5.92 Å². The summed E-state index contributed by atoms with van der Waals surface area (Å²) in [6.45, 7) is 0.768. The first-order chi connectivity index (χ1) is 10.3. The monoisotopic (exact) mass is 318 g/mol. The van der Waals surface area contributed by atoms with Crippen molar-refractivity contribution in [3.8, 4) is 0 Å². The molecule has 2 rings (SSSR count). The highest BCUT2D eigenvalue weighted by Gasteiger charge is 2.38. The van der Waals surface area contributed by atoms with E-state index in [1.54, 1.807) is 0 Å². The Morgan fingerprint density at radius 1 is 1.41 bits per heavy atom. The summed E-state index contributed by atoms with van der Waals surface area (Å²) in [6.07, 6.45) is -3.59. The molecule has 0 radical (unpaired) electrons. The largest absolute Gasteiger partial charge is 0.423 e. The maximum atomic E-state index is 12.8. The number of benzene rings is 1. The quantitative estimate of drug-likeness (QED) is 0.686. The van der Waals surface area contributed by atoms with Gasteiger partial charge in [-0.3, -0.25) is 14.9 Å². The van der Waals surface area contributed by atoms with Gasteiger partial charge in [0.15, 0.2) is 0 Å². The van der Waals surface area contributed by atoms with Crippen LogP contribution in [0, 0.1) is 16.0 Å². The molecule has 1 N–H and O–H groups in total. The summed E-state index contributed by atoms with van der Waals surface area (Å²) in [5.74, 6) is -0.889. The van der Waals surface area contributed by atoms with Crippen molar-refractivity contribution in [3.05, 3.63) is 33.9 Å². The van der Waals surface area contributed by atoms with E-state index in [0.29, 0.717) is 25.5 Å². The van der Waals surface area contributed by atoms with Gasteiger partial charge in [-0.1, -0.05) is 0 Å². The number of anilines is 1. The fourth-order valence-corrected chi connectivity index (χ4v) is 2.19. The fourth-order valence-electron chi connectivity index (χ4n) is 2.19. The number of hydrogen-bond donors (Lipinski definition) is 1. The van der Waals surface area contributed by atoms with Crippen LogP contribution in [0.4, 0.5) is 24.5 Å². The van der Waals surface area contributed by atoms with Crippen LogP contribution in [0.5, 0.6) is 0 Å². The van der Waals surface area contributed by atoms with Crippen LogP contribution in [0.15, 0.2) is 18.2 Å². The molecule has 0 bridgehead atoms. The van der Waals surface area contributed by atoms with E-state index in [1.807, 2.05) is 0 Å². The third-order valence-corrected chi connectivity index (χ3v) is 3.30. The van der Waals surface area contributed by atoms with Crippen LogP contribution in [-0.4, -0.2) is 24.0 Å². The second kappa shape index (κ2) is 6.30. The summed E-state index contributed by atoms with van der Waals surface area (Å²) >= 11 is 0. The van der Waals surface area contributed by atoms with Crippen molar-refractivity contribution < 1.29 is 27.6 Å². The molecule has 6 nitrogen and oxygen atoms in total. The van der Waals surface area contributed by atoms with E-state index >= 15 is 0 Å². The van der Waals surface area contributed by atoms with Crippen LogP contribution in [0.25, 0.3) is 0 Å². The second-order valence-electron chi connectivity index (χ2n) is 4.89. The molecule has 1 amide bonds. The van der Waals surface area contributed by atoms with Gasteiger partial charge in [0.05, 0.1) is 17.4 Å². The van der Waals surface area contributed by atoms with Crippen LogP contribution < -0.4 is 5.32 Å². The van der Waals surface area contributed by atoms with Gasteiger partial charge in [-0.15, -0.1) is 0 Å². The standard InChI is InChI=1S/C13H13F3N2O4/c14-13(15,16)10-6-9(3-4-11(10)18(20)21)17-12(19)8-2-1-5-22-7-8/h3-4,6,8H,1-2,5,7H2,(H,17,19). The topological polar surface area (TPSA) is 81.5 Å². The van der Waals surface area contributed by atoms with Crippen LogP contribution in [0.3, 0.4) is 0 Å². The molecule has 1 fully saturated rings. The third-order valence-electron chi connectivity index (χ3n) is 3.30. The maximum absolute atomic E-state index is 12.8. The van der Waals surface area contributed by atoms with Crippen LogP contribution in [0.2, 0.25) is 0 Å². The van der Waals surface area contributed by atoms with Gasteiger partial charge < -0.3 is 10.1 Å². The van der Waals surface area contributed by atoms with Crippen molar-refractivity contribution in [1.82, 2.24) is 0 Å². The minimum absolute atomic E-state index is 0.131. The third kappa shape index (κ3) is 3.73. The van der Waals surface area contributed by atoms with E-state index in [9.17, 15) is 28.1 Å². The summed E-state index contributed by atoms with van der Waals surface area (Å²) in [5.41, 5.74) is -2.57. The average Bonchev–Trinajstić information content (AvgIpc) is 2.47. The predicted octanol–water partition coefficient (Wildman–Crippen LogP) is 2.98. The number of halogens is 3. The van der Waals surface area contributed by atoms with E-state index in [-0.39, 0.29) is 12.3 Å². The zero-order chi connectivity index (χ0) is 16.3. The van der Waals surface area contributed by atoms with Crippen LogP contribution in [0.1, 0.15) is 18.4 Å². The van der Waals surface area contributed by atoms with E-state index in [2.05, 4.69) is 5.32 Å². The lowest BCUT2D eigenvalue weighted by atomic mass is 10.0. The number of nitro groups is 1. The molecule has 0 spiro atoms. The summed E-state index contributed by atoms with van der Waals surface area (Å²) in [6, 6.07) is 2.38. The summed E-state index contributed by atoms with van der Waals surface area (Å²) < 4.78 is 43.7. The molecule has 1 unspecified atom stereocenters. The number of carbonyl (C=O) groups excluding carboxylic acids is 1. The van der Waals surface area contributed by atoms with Gasteiger partial charge in [0.25, 0.3) is 5.69 Å². The molecule has 0 aromatic heterocycles. The number of hydrogen-bond acceptors (Lipinski definition) is 4. The zero-order valence-corrected chi connectivity index (χ0v) is 11.4. The first kappa shape index (κ1) is 16.2. The SMILES string of the molecule is O=C(Nc1ccc([N+](=O)[O-])c(C(F)(F)F)c1)C1CCCOC1. The number of amides is 1. The van der Waals surface area contributed by atoms with Gasteiger partial charge in [-0.2, -0.15) is 13.2 Å². The molecular weight excluding hydrogens is 305 g/mol. The van der Waals surface area contributed by atoms with Gasteiger partial charge in [-0.25, -0.2) is 0 Å². The second-order valence-corrected chi connectivity index (χ2v) is 4.89. The number of rotatable bonds is 3. The highest BCUT2D eigenvalue weighted by atomic mass is 19.4. The Bertz CT molecular complexity index is 583. The molecule has 1 saturated heterocycles. The predicted molar refractivity (Wildman–Crippen MR) is 70.3 cm³/mol. The molecule has 0 aliphatic carbocycles. The van der Waals surface area contributed by atoms with Gasteiger partial charge in [0.1, 0.15) is 5.56 Å². The van der Waals surface area contributed by atoms with Gasteiger partial charge >= 0.3 is 6.18 Å². The minimum atomic E-state index is -4.88. The van der Waals surface area contributed by atoms with E-state index in [4.69, 9.17) is 4.74 Å². The molecule has 1 aromatic carbocycles. The van der Waals surface area contributed by atoms with E-state index in [0.717, 1.165) is 12.1 Å². The Labute approximate surface area is 123 Å². The molecule has 120 valence electrons. The average molecular weight is 318 g/mol. The Hall–Kier alpha value is -2.16. The molecule has 0 saturated carbocycles.